The number of piperidine rings is 1. The number of halogens is 4. The summed E-state index contributed by atoms with van der Waals surface area (Å²) in [6, 6.07) is 3.70. The van der Waals surface area contributed by atoms with Gasteiger partial charge in [0.25, 0.3) is 0 Å². The van der Waals surface area contributed by atoms with Gasteiger partial charge in [-0.05, 0) is 66.0 Å². The standard InChI is InChI=1S/C15H20BrF3N2/c1-11-4-7-21(8-5-11)9-6-20-14-3-2-12(10-13(14)16)15(17,18)19/h2-3,10-11,20H,4-9H2,1H3. The van der Waals surface area contributed by atoms with Crippen molar-refractivity contribution in [1.82, 2.24) is 4.90 Å². The van der Waals surface area contributed by atoms with Crippen molar-refractivity contribution in [3.63, 3.8) is 0 Å². The molecule has 0 aliphatic carbocycles. The molecule has 0 unspecified atom stereocenters. The van der Waals surface area contributed by atoms with Gasteiger partial charge in [0.1, 0.15) is 0 Å². The number of hydrogen-bond donors (Lipinski definition) is 1. The van der Waals surface area contributed by atoms with Crippen molar-refractivity contribution in [1.29, 1.82) is 0 Å². The van der Waals surface area contributed by atoms with Crippen LogP contribution in [0.3, 0.4) is 0 Å². The highest BCUT2D eigenvalue weighted by Crippen LogP contribution is 2.33. The molecule has 6 heteroatoms. The molecule has 0 aromatic heterocycles. The number of anilines is 1. The van der Waals surface area contributed by atoms with E-state index in [4.69, 9.17) is 0 Å². The zero-order valence-electron chi connectivity index (χ0n) is 12.0. The molecule has 0 atom stereocenters. The Hall–Kier alpha value is -0.750. The molecule has 118 valence electrons. The SMILES string of the molecule is CC1CCN(CCNc2ccc(C(F)(F)F)cc2Br)CC1. The Balaban J connectivity index is 1.83. The van der Waals surface area contributed by atoms with Gasteiger partial charge in [-0.1, -0.05) is 6.92 Å². The molecular formula is C15H20BrF3N2. The zero-order valence-corrected chi connectivity index (χ0v) is 13.6. The van der Waals surface area contributed by atoms with Crippen LogP contribution in [-0.2, 0) is 6.18 Å². The molecule has 1 saturated heterocycles. The second-order valence-corrected chi connectivity index (χ2v) is 6.50. The molecular weight excluding hydrogens is 345 g/mol. The third kappa shape index (κ3) is 4.88. The first kappa shape index (κ1) is 16.6. The monoisotopic (exact) mass is 364 g/mol. The van der Waals surface area contributed by atoms with Crippen LogP contribution in [-0.4, -0.2) is 31.1 Å². The first-order valence-electron chi connectivity index (χ1n) is 7.19. The molecule has 1 heterocycles. The van der Waals surface area contributed by atoms with Gasteiger partial charge >= 0.3 is 6.18 Å². The van der Waals surface area contributed by atoms with Crippen molar-refractivity contribution in [3.8, 4) is 0 Å². The highest BCUT2D eigenvalue weighted by molar-refractivity contribution is 9.10. The van der Waals surface area contributed by atoms with Crippen LogP contribution in [0.1, 0.15) is 25.3 Å². The minimum Gasteiger partial charge on any atom is -0.383 e. The molecule has 0 saturated carbocycles. The summed E-state index contributed by atoms with van der Waals surface area (Å²) in [4.78, 5) is 2.39. The maximum Gasteiger partial charge on any atom is 0.416 e. The fraction of sp³-hybridized carbons (Fsp3) is 0.600. The van der Waals surface area contributed by atoms with E-state index in [1.165, 1.54) is 18.9 Å². The highest BCUT2D eigenvalue weighted by Gasteiger charge is 2.30. The van der Waals surface area contributed by atoms with Gasteiger partial charge < -0.3 is 10.2 Å². The van der Waals surface area contributed by atoms with Crippen LogP contribution in [0.2, 0.25) is 0 Å². The topological polar surface area (TPSA) is 15.3 Å². The van der Waals surface area contributed by atoms with Crippen molar-refractivity contribution < 1.29 is 13.2 Å². The second-order valence-electron chi connectivity index (χ2n) is 5.64. The molecule has 1 aromatic rings. The van der Waals surface area contributed by atoms with Crippen LogP contribution in [0.4, 0.5) is 18.9 Å². The third-order valence-corrected chi connectivity index (χ3v) is 4.57. The fourth-order valence-corrected chi connectivity index (χ4v) is 2.99. The zero-order chi connectivity index (χ0) is 15.5. The molecule has 0 amide bonds. The molecule has 1 aromatic carbocycles. The van der Waals surface area contributed by atoms with E-state index in [1.807, 2.05) is 0 Å². The molecule has 1 N–H and O–H groups in total. The predicted octanol–water partition coefficient (Wildman–Crippen LogP) is 4.61. The molecule has 2 nitrogen and oxygen atoms in total. The van der Waals surface area contributed by atoms with Gasteiger partial charge in [-0.15, -0.1) is 0 Å². The van der Waals surface area contributed by atoms with E-state index in [2.05, 4.69) is 33.1 Å². The predicted molar refractivity (Wildman–Crippen MR) is 82.5 cm³/mol. The van der Waals surface area contributed by atoms with E-state index < -0.39 is 11.7 Å². The molecule has 2 rings (SSSR count). The van der Waals surface area contributed by atoms with Gasteiger partial charge in [-0.25, -0.2) is 0 Å². The molecule has 21 heavy (non-hydrogen) atoms. The Labute approximate surface area is 131 Å². The van der Waals surface area contributed by atoms with Gasteiger partial charge in [-0.2, -0.15) is 13.2 Å². The van der Waals surface area contributed by atoms with Crippen molar-refractivity contribution in [2.75, 3.05) is 31.5 Å². The van der Waals surface area contributed by atoms with Gasteiger partial charge in [0.05, 0.1) is 5.56 Å². The van der Waals surface area contributed by atoms with Gasteiger partial charge in [0, 0.05) is 23.2 Å². The number of rotatable bonds is 4. The first-order valence-corrected chi connectivity index (χ1v) is 7.98. The smallest absolute Gasteiger partial charge is 0.383 e. The molecule has 1 fully saturated rings. The Kier molecular flexibility index (Phi) is 5.54. The van der Waals surface area contributed by atoms with Crippen LogP contribution < -0.4 is 5.32 Å². The van der Waals surface area contributed by atoms with Crippen molar-refractivity contribution in [2.45, 2.75) is 25.9 Å². The maximum atomic E-state index is 12.6. The number of benzene rings is 1. The number of nitrogens with one attached hydrogen (secondary N) is 1. The summed E-state index contributed by atoms with van der Waals surface area (Å²) in [5.74, 6) is 0.804. The summed E-state index contributed by atoms with van der Waals surface area (Å²) in [5, 5.41) is 3.19. The van der Waals surface area contributed by atoms with Crippen LogP contribution >= 0.6 is 15.9 Å². The van der Waals surface area contributed by atoms with Gasteiger partial charge in [0.15, 0.2) is 0 Å². The van der Waals surface area contributed by atoms with Gasteiger partial charge in [0.2, 0.25) is 0 Å². The lowest BCUT2D eigenvalue weighted by Crippen LogP contribution is -2.36. The average molecular weight is 365 g/mol. The minimum atomic E-state index is -4.30. The van der Waals surface area contributed by atoms with Crippen LogP contribution in [0.25, 0.3) is 0 Å². The number of nitrogens with zero attached hydrogens (tertiary/aromatic N) is 1. The summed E-state index contributed by atoms with van der Waals surface area (Å²) < 4.78 is 38.2. The van der Waals surface area contributed by atoms with Crippen LogP contribution in [0.5, 0.6) is 0 Å². The van der Waals surface area contributed by atoms with Gasteiger partial charge in [-0.3, -0.25) is 0 Å². The third-order valence-electron chi connectivity index (χ3n) is 3.92. The largest absolute Gasteiger partial charge is 0.416 e. The Morgan fingerprint density at radius 1 is 1.29 bits per heavy atom. The van der Waals surface area contributed by atoms with Crippen LogP contribution in [0.15, 0.2) is 22.7 Å². The molecule has 0 radical (unpaired) electrons. The maximum absolute atomic E-state index is 12.6. The number of likely N-dealkylation sites (tertiary alicyclic amines) is 1. The summed E-state index contributed by atoms with van der Waals surface area (Å²) in [6.07, 6.45) is -1.85. The Morgan fingerprint density at radius 3 is 2.52 bits per heavy atom. The lowest BCUT2D eigenvalue weighted by molar-refractivity contribution is -0.137. The van der Waals surface area contributed by atoms with E-state index in [0.29, 0.717) is 10.2 Å². The Bertz CT molecular complexity index is 468. The number of alkyl halides is 3. The summed E-state index contributed by atoms with van der Waals surface area (Å²) in [7, 11) is 0. The lowest BCUT2D eigenvalue weighted by atomic mass is 9.99. The van der Waals surface area contributed by atoms with E-state index in [9.17, 15) is 13.2 Å². The summed E-state index contributed by atoms with van der Waals surface area (Å²) in [5.41, 5.74) is 0.0679. The molecule has 0 bridgehead atoms. The normalized spacial score (nSPS) is 18.0. The van der Waals surface area contributed by atoms with Crippen molar-refractivity contribution in [2.24, 2.45) is 5.92 Å². The van der Waals surface area contributed by atoms with E-state index in [1.54, 1.807) is 0 Å². The fourth-order valence-electron chi connectivity index (χ4n) is 2.47. The summed E-state index contributed by atoms with van der Waals surface area (Å²) >= 11 is 3.20. The second kappa shape index (κ2) is 7.01. The van der Waals surface area contributed by atoms with E-state index >= 15 is 0 Å². The lowest BCUT2D eigenvalue weighted by Gasteiger charge is -2.30. The van der Waals surface area contributed by atoms with E-state index in [-0.39, 0.29) is 0 Å². The highest BCUT2D eigenvalue weighted by atomic mass is 79.9. The Morgan fingerprint density at radius 2 is 1.95 bits per heavy atom. The van der Waals surface area contributed by atoms with Crippen molar-refractivity contribution >= 4 is 21.6 Å². The van der Waals surface area contributed by atoms with Crippen LogP contribution in [0, 0.1) is 5.92 Å². The number of hydrogen-bond acceptors (Lipinski definition) is 2. The molecule has 1 aliphatic heterocycles. The molecule has 0 spiro atoms. The molecule has 1 aliphatic rings. The average Bonchev–Trinajstić information content (AvgIpc) is 2.41. The quantitative estimate of drug-likeness (QED) is 0.838. The van der Waals surface area contributed by atoms with E-state index in [0.717, 1.165) is 44.2 Å². The minimum absolute atomic E-state index is 0.449. The summed E-state index contributed by atoms with van der Waals surface area (Å²) in [6.45, 7) is 6.14. The first-order chi connectivity index (χ1) is 9.86. The van der Waals surface area contributed by atoms with Crippen molar-refractivity contribution in [3.05, 3.63) is 28.2 Å².